The average molecular weight is 395 g/mol. The molecule has 0 saturated carbocycles. The van der Waals surface area contributed by atoms with E-state index in [0.29, 0.717) is 19.5 Å². The maximum absolute atomic E-state index is 13.6. The van der Waals surface area contributed by atoms with E-state index in [1.54, 1.807) is 14.2 Å². The topological polar surface area (TPSA) is 46.6 Å². The molecule has 4 rings (SSSR count). The minimum absolute atomic E-state index is 0.502. The molecule has 29 heavy (non-hydrogen) atoms. The Morgan fingerprint density at radius 3 is 2.72 bits per heavy atom. The van der Waals surface area contributed by atoms with Crippen LogP contribution in [0.1, 0.15) is 17.5 Å². The summed E-state index contributed by atoms with van der Waals surface area (Å²) in [7, 11) is 3.29. The monoisotopic (exact) mass is 395 g/mol. The van der Waals surface area contributed by atoms with Crippen LogP contribution >= 0.6 is 0 Å². The minimum Gasteiger partial charge on any atom is -0.497 e. The van der Waals surface area contributed by atoms with Gasteiger partial charge in [0.1, 0.15) is 23.5 Å². The Hall–Kier alpha value is -2.86. The number of nitrogens with zero attached hydrogens (tertiary/aromatic N) is 2. The third-order valence-corrected chi connectivity index (χ3v) is 5.36. The van der Waals surface area contributed by atoms with Gasteiger partial charge < -0.3 is 14.8 Å². The summed E-state index contributed by atoms with van der Waals surface area (Å²) >= 11 is 0. The zero-order chi connectivity index (χ0) is 20.2. The molecule has 1 saturated heterocycles. The standard InChI is InChI=1S/C23H26FN3O2/c1-28-19-8-7-16(22(12-19)29-2)13-25-23-11-17(14-27-10-9-18(24)15-27)20-5-3-4-6-21(20)26-23/h3-8,11-12,18H,9-10,13-15H2,1-2H3,(H,25,26)/t18-/m1/s1. The molecular weight excluding hydrogens is 369 g/mol. The predicted octanol–water partition coefficient (Wildman–Crippen LogP) is 4.41. The Balaban J connectivity index is 1.57. The lowest BCUT2D eigenvalue weighted by Gasteiger charge is -2.18. The first-order valence-corrected chi connectivity index (χ1v) is 9.86. The Morgan fingerprint density at radius 1 is 1.10 bits per heavy atom. The van der Waals surface area contributed by atoms with Gasteiger partial charge >= 0.3 is 0 Å². The highest BCUT2D eigenvalue weighted by Crippen LogP contribution is 2.27. The summed E-state index contributed by atoms with van der Waals surface area (Å²) in [5, 5.41) is 4.53. The zero-order valence-corrected chi connectivity index (χ0v) is 16.8. The summed E-state index contributed by atoms with van der Waals surface area (Å²) in [5.74, 6) is 2.32. The highest BCUT2D eigenvalue weighted by Gasteiger charge is 2.22. The number of nitrogens with one attached hydrogen (secondary N) is 1. The average Bonchev–Trinajstić information content (AvgIpc) is 3.16. The van der Waals surface area contributed by atoms with Crippen molar-refractivity contribution in [2.45, 2.75) is 25.7 Å². The van der Waals surface area contributed by atoms with Crippen molar-refractivity contribution < 1.29 is 13.9 Å². The summed E-state index contributed by atoms with van der Waals surface area (Å²) in [5.41, 5.74) is 3.11. The van der Waals surface area contributed by atoms with E-state index in [1.807, 2.05) is 36.4 Å². The van der Waals surface area contributed by atoms with Gasteiger partial charge in [0.15, 0.2) is 0 Å². The second-order valence-corrected chi connectivity index (χ2v) is 7.34. The normalized spacial score (nSPS) is 16.9. The van der Waals surface area contributed by atoms with Gasteiger partial charge in [-0.15, -0.1) is 0 Å². The summed E-state index contributed by atoms with van der Waals surface area (Å²) in [4.78, 5) is 6.93. The zero-order valence-electron chi connectivity index (χ0n) is 16.8. The molecule has 5 nitrogen and oxygen atoms in total. The molecule has 1 aromatic heterocycles. The number of fused-ring (bicyclic) bond motifs is 1. The number of likely N-dealkylation sites (tertiary alicyclic amines) is 1. The number of ether oxygens (including phenoxy) is 2. The van der Waals surface area contributed by atoms with Crippen LogP contribution in [0.15, 0.2) is 48.5 Å². The maximum Gasteiger partial charge on any atom is 0.127 e. The smallest absolute Gasteiger partial charge is 0.127 e. The second kappa shape index (κ2) is 8.66. The van der Waals surface area contributed by atoms with Crippen molar-refractivity contribution >= 4 is 16.7 Å². The Morgan fingerprint density at radius 2 is 1.97 bits per heavy atom. The third kappa shape index (κ3) is 4.43. The molecule has 0 spiro atoms. The molecule has 2 heterocycles. The largest absolute Gasteiger partial charge is 0.497 e. The number of aromatic nitrogens is 1. The lowest BCUT2D eigenvalue weighted by molar-refractivity contribution is 0.283. The molecule has 152 valence electrons. The molecule has 1 N–H and O–H groups in total. The van der Waals surface area contributed by atoms with Gasteiger partial charge in [0.05, 0.1) is 19.7 Å². The van der Waals surface area contributed by atoms with Gasteiger partial charge in [-0.2, -0.15) is 0 Å². The van der Waals surface area contributed by atoms with Crippen molar-refractivity contribution in [2.75, 3.05) is 32.6 Å². The highest BCUT2D eigenvalue weighted by molar-refractivity contribution is 5.84. The molecule has 0 amide bonds. The van der Waals surface area contributed by atoms with Gasteiger partial charge in [0.25, 0.3) is 0 Å². The van der Waals surface area contributed by atoms with Crippen LogP contribution in [-0.2, 0) is 13.1 Å². The molecule has 1 aliphatic heterocycles. The van der Waals surface area contributed by atoms with Crippen LogP contribution in [0.3, 0.4) is 0 Å². The number of benzene rings is 2. The first-order chi connectivity index (χ1) is 14.2. The van der Waals surface area contributed by atoms with E-state index in [9.17, 15) is 4.39 Å². The summed E-state index contributed by atoms with van der Waals surface area (Å²) < 4.78 is 24.4. The van der Waals surface area contributed by atoms with E-state index in [1.165, 1.54) is 0 Å². The number of rotatable bonds is 7. The van der Waals surface area contributed by atoms with Crippen LogP contribution in [0.5, 0.6) is 11.5 Å². The van der Waals surface area contributed by atoms with Crippen LogP contribution in [0.2, 0.25) is 0 Å². The quantitative estimate of drug-likeness (QED) is 0.642. The first kappa shape index (κ1) is 19.5. The van der Waals surface area contributed by atoms with Gasteiger partial charge in [0, 0.05) is 43.2 Å². The number of para-hydroxylation sites is 1. The molecular formula is C23H26FN3O2. The van der Waals surface area contributed by atoms with Crippen molar-refractivity contribution in [3.8, 4) is 11.5 Å². The minimum atomic E-state index is -0.719. The van der Waals surface area contributed by atoms with Gasteiger partial charge in [-0.25, -0.2) is 9.37 Å². The molecule has 1 aliphatic rings. The summed E-state index contributed by atoms with van der Waals surface area (Å²) in [6.45, 7) is 2.60. The van der Waals surface area contributed by atoms with Gasteiger partial charge in [-0.3, -0.25) is 4.90 Å². The van der Waals surface area contributed by atoms with Crippen LogP contribution < -0.4 is 14.8 Å². The number of alkyl halides is 1. The predicted molar refractivity (Wildman–Crippen MR) is 113 cm³/mol. The lowest BCUT2D eigenvalue weighted by Crippen LogP contribution is -2.20. The van der Waals surface area contributed by atoms with Crippen molar-refractivity contribution in [1.29, 1.82) is 0 Å². The Kier molecular flexibility index (Phi) is 5.81. The SMILES string of the molecule is COc1ccc(CNc2cc(CN3CC[C@@H](F)C3)c3ccccc3n2)c(OC)c1. The van der Waals surface area contributed by atoms with Gasteiger partial charge in [-0.1, -0.05) is 18.2 Å². The fourth-order valence-corrected chi connectivity index (χ4v) is 3.82. The molecule has 3 aromatic rings. The molecule has 6 heteroatoms. The summed E-state index contributed by atoms with van der Waals surface area (Å²) in [6.07, 6.45) is -0.103. The molecule has 0 bridgehead atoms. The number of hydrogen-bond donors (Lipinski definition) is 1. The fourth-order valence-electron chi connectivity index (χ4n) is 3.82. The van der Waals surface area contributed by atoms with Crippen molar-refractivity contribution in [3.63, 3.8) is 0 Å². The van der Waals surface area contributed by atoms with Crippen LogP contribution in [-0.4, -0.2) is 43.4 Å². The van der Waals surface area contributed by atoms with Crippen LogP contribution in [0.25, 0.3) is 10.9 Å². The number of halogens is 1. The fraction of sp³-hybridized carbons (Fsp3) is 0.348. The van der Waals surface area contributed by atoms with E-state index >= 15 is 0 Å². The molecule has 1 atom stereocenters. The highest BCUT2D eigenvalue weighted by atomic mass is 19.1. The van der Waals surface area contributed by atoms with Crippen molar-refractivity contribution in [3.05, 3.63) is 59.7 Å². The van der Waals surface area contributed by atoms with Crippen LogP contribution in [0, 0.1) is 0 Å². The van der Waals surface area contributed by atoms with E-state index in [0.717, 1.165) is 52.4 Å². The maximum atomic E-state index is 13.6. The van der Waals surface area contributed by atoms with Crippen molar-refractivity contribution in [2.24, 2.45) is 0 Å². The molecule has 0 radical (unpaired) electrons. The van der Waals surface area contributed by atoms with Gasteiger partial charge in [-0.05, 0) is 36.2 Å². The molecule has 1 fully saturated rings. The molecule has 2 aromatic carbocycles. The van der Waals surface area contributed by atoms with E-state index in [-0.39, 0.29) is 0 Å². The Bertz CT molecular complexity index is 995. The van der Waals surface area contributed by atoms with E-state index in [2.05, 4.69) is 22.3 Å². The second-order valence-electron chi connectivity index (χ2n) is 7.34. The number of anilines is 1. The first-order valence-electron chi connectivity index (χ1n) is 9.86. The summed E-state index contributed by atoms with van der Waals surface area (Å²) in [6, 6.07) is 15.9. The lowest BCUT2D eigenvalue weighted by atomic mass is 10.1. The Labute approximate surface area is 170 Å². The van der Waals surface area contributed by atoms with E-state index < -0.39 is 6.17 Å². The third-order valence-electron chi connectivity index (χ3n) is 5.36. The van der Waals surface area contributed by atoms with Crippen LogP contribution in [0.4, 0.5) is 10.2 Å². The van der Waals surface area contributed by atoms with E-state index in [4.69, 9.17) is 14.5 Å². The van der Waals surface area contributed by atoms with Gasteiger partial charge in [0.2, 0.25) is 0 Å². The molecule has 0 aliphatic carbocycles. The number of methoxy groups -OCH3 is 2. The number of pyridine rings is 1. The molecule has 0 unspecified atom stereocenters. The number of hydrogen-bond acceptors (Lipinski definition) is 5. The van der Waals surface area contributed by atoms with Crippen molar-refractivity contribution in [1.82, 2.24) is 9.88 Å².